The molecule has 7 heteroatoms. The van der Waals surface area contributed by atoms with E-state index in [9.17, 15) is 15.0 Å². The molecule has 0 atom stereocenters. The number of nitrogens with zero attached hydrogens (tertiary/aromatic N) is 2. The maximum Gasteiger partial charge on any atom is 0.250 e. The fourth-order valence-electron chi connectivity index (χ4n) is 2.54. The van der Waals surface area contributed by atoms with Crippen LogP contribution in [0.5, 0.6) is 11.5 Å². The summed E-state index contributed by atoms with van der Waals surface area (Å²) < 4.78 is 0. The molecule has 0 saturated heterocycles. The van der Waals surface area contributed by atoms with Crippen molar-refractivity contribution in [3.63, 3.8) is 0 Å². The van der Waals surface area contributed by atoms with Crippen molar-refractivity contribution in [1.29, 1.82) is 0 Å². The van der Waals surface area contributed by atoms with Crippen LogP contribution in [0.2, 0.25) is 0 Å². The predicted molar refractivity (Wildman–Crippen MR) is 107 cm³/mol. The number of aromatic nitrogens is 1. The van der Waals surface area contributed by atoms with Gasteiger partial charge in [-0.25, -0.2) is 10.4 Å². The van der Waals surface area contributed by atoms with Gasteiger partial charge in [0.15, 0.2) is 0 Å². The Morgan fingerprint density at radius 3 is 2.78 bits per heavy atom. The first-order valence-electron chi connectivity index (χ1n) is 8.27. The Bertz CT molecular complexity index is 1030. The highest BCUT2D eigenvalue weighted by molar-refractivity contribution is 7.99. The molecule has 3 aromatic rings. The standard InChI is InChI=1S/C20H19N3O3S/c1-12-3-6-17-16(7-12)13(2)8-20(22-17)27-11-19(26)23-21-10-14-4-5-15(24)9-18(14)25/h3-10,24-25H,11H2,1-2H3,(H,23,26)/b21-10-. The molecule has 0 aliphatic heterocycles. The van der Waals surface area contributed by atoms with Crippen LogP contribution in [0, 0.1) is 13.8 Å². The smallest absolute Gasteiger partial charge is 0.250 e. The second kappa shape index (κ2) is 8.09. The monoisotopic (exact) mass is 381 g/mol. The fraction of sp³-hybridized carbons (Fsp3) is 0.150. The van der Waals surface area contributed by atoms with Gasteiger partial charge in [0.2, 0.25) is 5.91 Å². The summed E-state index contributed by atoms with van der Waals surface area (Å²) in [6.07, 6.45) is 1.32. The zero-order chi connectivity index (χ0) is 19.4. The maximum absolute atomic E-state index is 12.0. The van der Waals surface area contributed by atoms with Crippen LogP contribution in [0.15, 0.2) is 52.6 Å². The van der Waals surface area contributed by atoms with Gasteiger partial charge in [-0.05, 0) is 49.7 Å². The van der Waals surface area contributed by atoms with Crippen molar-refractivity contribution in [3.8, 4) is 11.5 Å². The minimum absolute atomic E-state index is 0.0431. The number of hydrogen-bond donors (Lipinski definition) is 3. The molecule has 1 amide bonds. The first-order valence-corrected chi connectivity index (χ1v) is 9.25. The van der Waals surface area contributed by atoms with Crippen molar-refractivity contribution in [2.75, 3.05) is 5.75 Å². The van der Waals surface area contributed by atoms with E-state index in [0.29, 0.717) is 5.56 Å². The van der Waals surface area contributed by atoms with Gasteiger partial charge in [0.25, 0.3) is 0 Å². The number of aryl methyl sites for hydroxylation is 2. The van der Waals surface area contributed by atoms with Crippen molar-refractivity contribution in [2.45, 2.75) is 18.9 Å². The largest absolute Gasteiger partial charge is 0.508 e. The summed E-state index contributed by atoms with van der Waals surface area (Å²) in [5.74, 6) is -0.271. The molecule has 0 radical (unpaired) electrons. The summed E-state index contributed by atoms with van der Waals surface area (Å²) in [6.45, 7) is 4.08. The highest BCUT2D eigenvalue weighted by Gasteiger charge is 2.07. The molecule has 0 aliphatic carbocycles. The lowest BCUT2D eigenvalue weighted by molar-refractivity contribution is -0.118. The molecule has 0 aliphatic rings. The molecule has 3 rings (SSSR count). The summed E-state index contributed by atoms with van der Waals surface area (Å²) in [7, 11) is 0. The van der Waals surface area contributed by atoms with E-state index in [-0.39, 0.29) is 23.2 Å². The minimum Gasteiger partial charge on any atom is -0.508 e. The number of hydrazone groups is 1. The molecular formula is C20H19N3O3S. The Hall–Kier alpha value is -3.06. The summed E-state index contributed by atoms with van der Waals surface area (Å²) >= 11 is 1.33. The zero-order valence-electron chi connectivity index (χ0n) is 14.9. The molecule has 1 heterocycles. The summed E-state index contributed by atoms with van der Waals surface area (Å²) in [4.78, 5) is 16.5. The molecule has 0 saturated carbocycles. The number of nitrogens with one attached hydrogen (secondary N) is 1. The van der Waals surface area contributed by atoms with Gasteiger partial charge in [-0.3, -0.25) is 4.79 Å². The van der Waals surface area contributed by atoms with E-state index in [4.69, 9.17) is 0 Å². The number of aromatic hydroxyl groups is 2. The normalized spacial score (nSPS) is 11.2. The summed E-state index contributed by atoms with van der Waals surface area (Å²) in [5, 5.41) is 24.6. The van der Waals surface area contributed by atoms with E-state index >= 15 is 0 Å². The lowest BCUT2D eigenvalue weighted by atomic mass is 10.1. The van der Waals surface area contributed by atoms with E-state index in [1.54, 1.807) is 0 Å². The number of rotatable bonds is 5. The Labute approximate surface area is 161 Å². The van der Waals surface area contributed by atoms with E-state index in [0.717, 1.165) is 21.5 Å². The average molecular weight is 381 g/mol. The second-order valence-electron chi connectivity index (χ2n) is 6.12. The number of amides is 1. The Morgan fingerprint density at radius 2 is 2.00 bits per heavy atom. The number of carbonyl (C=O) groups is 1. The summed E-state index contributed by atoms with van der Waals surface area (Å²) in [5.41, 5.74) is 6.01. The molecule has 27 heavy (non-hydrogen) atoms. The van der Waals surface area contributed by atoms with Gasteiger partial charge in [0.05, 0.1) is 22.5 Å². The van der Waals surface area contributed by atoms with Crippen LogP contribution in [0.3, 0.4) is 0 Å². The summed E-state index contributed by atoms with van der Waals surface area (Å²) in [6, 6.07) is 12.2. The third kappa shape index (κ3) is 4.77. The number of hydrogen-bond acceptors (Lipinski definition) is 6. The van der Waals surface area contributed by atoms with Crippen LogP contribution >= 0.6 is 11.8 Å². The molecule has 0 fully saturated rings. The third-order valence-corrected chi connectivity index (χ3v) is 4.82. The first-order chi connectivity index (χ1) is 12.9. The average Bonchev–Trinajstić information content (AvgIpc) is 2.62. The number of benzene rings is 2. The minimum atomic E-state index is -0.280. The molecule has 0 spiro atoms. The molecule has 2 aromatic carbocycles. The van der Waals surface area contributed by atoms with Crippen LogP contribution in [-0.4, -0.2) is 33.1 Å². The van der Waals surface area contributed by atoms with Gasteiger partial charge in [0, 0.05) is 17.0 Å². The number of carbonyl (C=O) groups excluding carboxylic acids is 1. The SMILES string of the molecule is Cc1ccc2nc(SCC(=O)N/N=C\c3ccc(O)cc3O)cc(C)c2c1. The first kappa shape index (κ1) is 18.7. The Morgan fingerprint density at radius 1 is 1.19 bits per heavy atom. The number of phenolic OH excluding ortho intramolecular Hbond substituents is 2. The van der Waals surface area contributed by atoms with Crippen LogP contribution < -0.4 is 5.43 Å². The van der Waals surface area contributed by atoms with Crippen LogP contribution in [0.1, 0.15) is 16.7 Å². The molecule has 138 valence electrons. The number of pyridine rings is 1. The maximum atomic E-state index is 12.0. The third-order valence-electron chi connectivity index (χ3n) is 3.91. The molecule has 0 unspecified atom stereocenters. The zero-order valence-corrected chi connectivity index (χ0v) is 15.7. The van der Waals surface area contributed by atoms with Gasteiger partial charge in [0.1, 0.15) is 11.5 Å². The van der Waals surface area contributed by atoms with E-state index in [1.807, 2.05) is 32.0 Å². The van der Waals surface area contributed by atoms with Gasteiger partial charge < -0.3 is 10.2 Å². The lowest BCUT2D eigenvalue weighted by Crippen LogP contribution is -2.19. The van der Waals surface area contributed by atoms with Crippen molar-refractivity contribution in [3.05, 3.63) is 59.2 Å². The quantitative estimate of drug-likeness (QED) is 0.357. The van der Waals surface area contributed by atoms with Crippen LogP contribution in [0.25, 0.3) is 10.9 Å². The van der Waals surface area contributed by atoms with Crippen LogP contribution in [0.4, 0.5) is 0 Å². The fourth-order valence-corrected chi connectivity index (χ4v) is 3.30. The number of fused-ring (bicyclic) bond motifs is 1. The Kier molecular flexibility index (Phi) is 5.61. The number of phenols is 2. The highest BCUT2D eigenvalue weighted by Crippen LogP contribution is 2.24. The van der Waals surface area contributed by atoms with Gasteiger partial charge in [-0.1, -0.05) is 23.4 Å². The van der Waals surface area contributed by atoms with Crippen molar-refractivity contribution < 1.29 is 15.0 Å². The molecular weight excluding hydrogens is 362 g/mol. The molecule has 1 aromatic heterocycles. The van der Waals surface area contributed by atoms with Gasteiger partial charge >= 0.3 is 0 Å². The van der Waals surface area contributed by atoms with E-state index < -0.39 is 0 Å². The Balaban J connectivity index is 1.60. The number of thioether (sulfide) groups is 1. The molecule has 3 N–H and O–H groups in total. The molecule has 0 bridgehead atoms. The highest BCUT2D eigenvalue weighted by atomic mass is 32.2. The topological polar surface area (TPSA) is 94.8 Å². The van der Waals surface area contributed by atoms with E-state index in [1.165, 1.54) is 41.7 Å². The van der Waals surface area contributed by atoms with Crippen molar-refractivity contribution >= 4 is 34.8 Å². The van der Waals surface area contributed by atoms with Crippen molar-refractivity contribution in [1.82, 2.24) is 10.4 Å². The van der Waals surface area contributed by atoms with Crippen LogP contribution in [-0.2, 0) is 4.79 Å². The predicted octanol–water partition coefficient (Wildman–Crippen LogP) is 3.51. The van der Waals surface area contributed by atoms with Gasteiger partial charge in [-0.15, -0.1) is 0 Å². The molecule has 6 nitrogen and oxygen atoms in total. The van der Waals surface area contributed by atoms with Gasteiger partial charge in [-0.2, -0.15) is 5.10 Å². The lowest BCUT2D eigenvalue weighted by Gasteiger charge is -2.07. The second-order valence-corrected chi connectivity index (χ2v) is 7.12. The van der Waals surface area contributed by atoms with E-state index in [2.05, 4.69) is 21.6 Å². The van der Waals surface area contributed by atoms with Crippen molar-refractivity contribution in [2.24, 2.45) is 5.10 Å².